The van der Waals surface area contributed by atoms with Crippen LogP contribution in [0.4, 0.5) is 0 Å². The minimum absolute atomic E-state index is 0.101. The van der Waals surface area contributed by atoms with E-state index in [0.29, 0.717) is 15.4 Å². The lowest BCUT2D eigenvalue weighted by atomic mass is 10.1. The molecule has 0 atom stereocenters. The molecule has 0 aromatic heterocycles. The number of ketones is 1. The van der Waals surface area contributed by atoms with Crippen molar-refractivity contribution in [3.05, 3.63) is 26.6 Å². The first-order valence-electron chi connectivity index (χ1n) is 3.67. The average molecular weight is 308 g/mol. The molecule has 0 saturated heterocycles. The molecule has 0 aliphatic heterocycles. The summed E-state index contributed by atoms with van der Waals surface area (Å²) in [7, 11) is 0. The Bertz CT molecular complexity index is 324. The summed E-state index contributed by atoms with van der Waals surface area (Å²) in [6, 6.07) is 3.48. The summed E-state index contributed by atoms with van der Waals surface area (Å²) in [5.74, 6) is 0.261. The summed E-state index contributed by atoms with van der Waals surface area (Å²) in [6.07, 6.45) is 0.386. The van der Waals surface area contributed by atoms with Gasteiger partial charge in [0.15, 0.2) is 0 Å². The molecular formula is C9H8Br2O2. The Labute approximate surface area is 93.2 Å². The van der Waals surface area contributed by atoms with Crippen molar-refractivity contribution in [1.82, 2.24) is 0 Å². The molecule has 0 aliphatic carbocycles. The number of carbonyl (C=O) groups is 1. The van der Waals surface area contributed by atoms with Crippen molar-refractivity contribution in [2.45, 2.75) is 13.3 Å². The Morgan fingerprint density at radius 3 is 2.23 bits per heavy atom. The minimum atomic E-state index is 0.101. The fourth-order valence-electron chi connectivity index (χ4n) is 1.01. The molecule has 70 valence electrons. The van der Waals surface area contributed by atoms with Gasteiger partial charge in [0, 0.05) is 6.42 Å². The maximum Gasteiger partial charge on any atom is 0.143 e. The first-order valence-corrected chi connectivity index (χ1v) is 5.25. The lowest BCUT2D eigenvalue weighted by molar-refractivity contribution is -0.116. The van der Waals surface area contributed by atoms with Crippen LogP contribution in [-0.2, 0) is 11.2 Å². The van der Waals surface area contributed by atoms with Crippen molar-refractivity contribution in [1.29, 1.82) is 0 Å². The highest BCUT2D eigenvalue weighted by Crippen LogP contribution is 2.33. The molecule has 0 saturated carbocycles. The van der Waals surface area contributed by atoms with E-state index in [4.69, 9.17) is 0 Å². The van der Waals surface area contributed by atoms with Crippen LogP contribution in [0.2, 0.25) is 0 Å². The molecule has 1 rings (SSSR count). The van der Waals surface area contributed by atoms with E-state index < -0.39 is 0 Å². The highest BCUT2D eigenvalue weighted by atomic mass is 79.9. The average Bonchev–Trinajstić information content (AvgIpc) is 1.98. The summed E-state index contributed by atoms with van der Waals surface area (Å²) in [5.41, 5.74) is 0.879. The predicted molar refractivity (Wildman–Crippen MR) is 57.9 cm³/mol. The highest BCUT2D eigenvalue weighted by Gasteiger charge is 2.06. The van der Waals surface area contributed by atoms with E-state index in [-0.39, 0.29) is 11.5 Å². The van der Waals surface area contributed by atoms with E-state index in [2.05, 4.69) is 31.9 Å². The van der Waals surface area contributed by atoms with Gasteiger partial charge in [0.25, 0.3) is 0 Å². The van der Waals surface area contributed by atoms with Gasteiger partial charge in [-0.05, 0) is 56.5 Å². The van der Waals surface area contributed by atoms with Crippen LogP contribution in [0.25, 0.3) is 0 Å². The van der Waals surface area contributed by atoms with Gasteiger partial charge in [-0.2, -0.15) is 0 Å². The van der Waals surface area contributed by atoms with Crippen LogP contribution in [0.3, 0.4) is 0 Å². The van der Waals surface area contributed by atoms with Crippen LogP contribution in [0.15, 0.2) is 21.1 Å². The monoisotopic (exact) mass is 306 g/mol. The fraction of sp³-hybridized carbons (Fsp3) is 0.222. The zero-order valence-corrected chi connectivity index (χ0v) is 10.1. The first kappa shape index (κ1) is 10.7. The molecule has 0 fully saturated rings. The summed E-state index contributed by atoms with van der Waals surface area (Å²) in [5, 5.41) is 9.39. The number of hydrogen-bond acceptors (Lipinski definition) is 2. The number of phenols is 1. The molecule has 1 N–H and O–H groups in total. The fourth-order valence-corrected chi connectivity index (χ4v) is 2.29. The van der Waals surface area contributed by atoms with E-state index >= 15 is 0 Å². The Hall–Kier alpha value is -0.350. The summed E-state index contributed by atoms with van der Waals surface area (Å²) < 4.78 is 1.19. The molecule has 13 heavy (non-hydrogen) atoms. The van der Waals surface area contributed by atoms with Gasteiger partial charge in [0.05, 0.1) is 8.95 Å². The van der Waals surface area contributed by atoms with Gasteiger partial charge in [-0.25, -0.2) is 0 Å². The van der Waals surface area contributed by atoms with Crippen molar-refractivity contribution in [2.75, 3.05) is 0 Å². The predicted octanol–water partition coefficient (Wildman–Crippen LogP) is 3.05. The van der Waals surface area contributed by atoms with E-state index in [1.54, 1.807) is 12.1 Å². The summed E-state index contributed by atoms with van der Waals surface area (Å²) in [4.78, 5) is 10.8. The molecule has 2 nitrogen and oxygen atoms in total. The highest BCUT2D eigenvalue weighted by molar-refractivity contribution is 9.11. The van der Waals surface area contributed by atoms with Crippen LogP contribution in [0, 0.1) is 0 Å². The third-order valence-corrected chi connectivity index (χ3v) is 2.74. The Balaban J connectivity index is 3.06. The van der Waals surface area contributed by atoms with Gasteiger partial charge in [-0.1, -0.05) is 0 Å². The maximum atomic E-state index is 10.8. The van der Waals surface area contributed by atoms with Gasteiger partial charge < -0.3 is 5.11 Å². The van der Waals surface area contributed by atoms with Gasteiger partial charge >= 0.3 is 0 Å². The Morgan fingerprint density at radius 2 is 1.85 bits per heavy atom. The number of hydrogen-bond donors (Lipinski definition) is 1. The quantitative estimate of drug-likeness (QED) is 0.912. The van der Waals surface area contributed by atoms with E-state index in [1.165, 1.54) is 6.92 Å². The molecule has 0 radical (unpaired) electrons. The smallest absolute Gasteiger partial charge is 0.143 e. The van der Waals surface area contributed by atoms with Gasteiger partial charge in [0.2, 0.25) is 0 Å². The molecule has 0 heterocycles. The maximum absolute atomic E-state index is 10.8. The Kier molecular flexibility index (Phi) is 3.50. The number of phenolic OH excluding ortho intramolecular Hbond substituents is 1. The molecular weight excluding hydrogens is 300 g/mol. The normalized spacial score (nSPS) is 10.1. The van der Waals surface area contributed by atoms with Crippen molar-refractivity contribution < 1.29 is 9.90 Å². The standard InChI is InChI=1S/C9H8Br2O2/c1-5(12)2-6-3-7(10)9(13)8(11)4-6/h3-4,13H,2H2,1H3. The molecule has 1 aromatic carbocycles. The molecule has 0 spiro atoms. The SMILES string of the molecule is CC(=O)Cc1cc(Br)c(O)c(Br)c1. The molecule has 0 unspecified atom stereocenters. The van der Waals surface area contributed by atoms with E-state index in [0.717, 1.165) is 5.56 Å². The second-order valence-corrected chi connectivity index (χ2v) is 4.50. The molecule has 0 amide bonds. The van der Waals surface area contributed by atoms with Crippen LogP contribution >= 0.6 is 31.9 Å². The number of carbonyl (C=O) groups excluding carboxylic acids is 1. The molecule has 1 aromatic rings. The zero-order valence-electron chi connectivity index (χ0n) is 6.97. The summed E-state index contributed by atoms with van der Waals surface area (Å²) >= 11 is 6.39. The van der Waals surface area contributed by atoms with Crippen LogP contribution in [-0.4, -0.2) is 10.9 Å². The van der Waals surface area contributed by atoms with Crippen molar-refractivity contribution in [3.8, 4) is 5.75 Å². The van der Waals surface area contributed by atoms with Crippen molar-refractivity contribution in [2.24, 2.45) is 0 Å². The topological polar surface area (TPSA) is 37.3 Å². The van der Waals surface area contributed by atoms with Gasteiger partial charge in [-0.15, -0.1) is 0 Å². The third-order valence-electron chi connectivity index (χ3n) is 1.53. The lowest BCUT2D eigenvalue weighted by Gasteiger charge is -2.03. The number of rotatable bonds is 2. The Morgan fingerprint density at radius 1 is 1.38 bits per heavy atom. The van der Waals surface area contributed by atoms with Crippen LogP contribution in [0.1, 0.15) is 12.5 Å². The van der Waals surface area contributed by atoms with Gasteiger partial charge in [-0.3, -0.25) is 4.79 Å². The lowest BCUT2D eigenvalue weighted by Crippen LogP contribution is -1.96. The zero-order chi connectivity index (χ0) is 10.0. The number of benzene rings is 1. The molecule has 4 heteroatoms. The van der Waals surface area contributed by atoms with Crippen LogP contribution in [0.5, 0.6) is 5.75 Å². The first-order chi connectivity index (χ1) is 6.00. The van der Waals surface area contributed by atoms with Crippen LogP contribution < -0.4 is 0 Å². The number of halogens is 2. The minimum Gasteiger partial charge on any atom is -0.506 e. The van der Waals surface area contributed by atoms with E-state index in [9.17, 15) is 9.90 Å². The van der Waals surface area contributed by atoms with Crippen molar-refractivity contribution in [3.63, 3.8) is 0 Å². The second kappa shape index (κ2) is 4.24. The molecule has 0 aliphatic rings. The van der Waals surface area contributed by atoms with E-state index in [1.807, 2.05) is 0 Å². The van der Waals surface area contributed by atoms with Gasteiger partial charge in [0.1, 0.15) is 11.5 Å². The molecule has 0 bridgehead atoms. The largest absolute Gasteiger partial charge is 0.506 e. The van der Waals surface area contributed by atoms with Crippen molar-refractivity contribution >= 4 is 37.6 Å². The third kappa shape index (κ3) is 2.81. The number of aromatic hydroxyl groups is 1. The second-order valence-electron chi connectivity index (χ2n) is 2.79. The number of Topliss-reactive ketones (excluding diaryl/α,β-unsaturated/α-hetero) is 1. The summed E-state index contributed by atoms with van der Waals surface area (Å²) in [6.45, 7) is 1.54.